The van der Waals surface area contributed by atoms with Gasteiger partial charge in [0, 0.05) is 11.8 Å². The Balaban J connectivity index is 2.29. The zero-order chi connectivity index (χ0) is 13.1. The fourth-order valence-electron chi connectivity index (χ4n) is 1.36. The molecular weight excluding hydrogens is 238 g/mol. The maximum atomic E-state index is 11.7. The number of nitrogen functional groups attached to an aromatic ring is 1. The number of carbonyl (C=O) groups is 2. The van der Waals surface area contributed by atoms with Crippen LogP contribution in [0.15, 0.2) is 35.1 Å². The first-order valence-corrected chi connectivity index (χ1v) is 4.92. The van der Waals surface area contributed by atoms with Gasteiger partial charge in [0.15, 0.2) is 5.69 Å². The second-order valence-corrected chi connectivity index (χ2v) is 3.45. The number of hydrogen-bond acceptors (Lipinski definition) is 5. The molecule has 0 fully saturated rings. The predicted molar refractivity (Wildman–Crippen MR) is 62.3 cm³/mol. The summed E-state index contributed by atoms with van der Waals surface area (Å²) in [5, 5.41) is 14.9. The lowest BCUT2D eigenvalue weighted by atomic mass is 10.1. The van der Waals surface area contributed by atoms with E-state index in [4.69, 9.17) is 10.8 Å². The van der Waals surface area contributed by atoms with Crippen LogP contribution in [0.1, 0.15) is 20.8 Å². The number of hydrogen-bond donors (Lipinski definition) is 3. The number of carbonyl (C=O) groups excluding carboxylic acids is 1. The summed E-state index contributed by atoms with van der Waals surface area (Å²) in [6, 6.07) is 5.54. The number of anilines is 2. The summed E-state index contributed by atoms with van der Waals surface area (Å²) in [5.41, 5.74) is 5.90. The summed E-state index contributed by atoms with van der Waals surface area (Å²) >= 11 is 0. The van der Waals surface area contributed by atoms with Gasteiger partial charge in [-0.2, -0.15) is 0 Å². The molecule has 1 heterocycles. The Morgan fingerprint density at radius 2 is 2.11 bits per heavy atom. The van der Waals surface area contributed by atoms with E-state index in [1.807, 2.05) is 0 Å². The van der Waals surface area contributed by atoms with E-state index in [2.05, 4.69) is 15.0 Å². The van der Waals surface area contributed by atoms with Crippen molar-refractivity contribution in [3.8, 4) is 0 Å². The van der Waals surface area contributed by atoms with Crippen LogP contribution < -0.4 is 11.1 Å². The van der Waals surface area contributed by atoms with Crippen molar-refractivity contribution in [2.75, 3.05) is 11.1 Å². The smallest absolute Gasteiger partial charge is 0.337 e. The van der Waals surface area contributed by atoms with Crippen molar-refractivity contribution in [3.05, 3.63) is 41.8 Å². The van der Waals surface area contributed by atoms with E-state index >= 15 is 0 Å². The molecule has 0 spiro atoms. The summed E-state index contributed by atoms with van der Waals surface area (Å²) in [6.45, 7) is 0. The molecular formula is C11H9N3O4. The lowest BCUT2D eigenvalue weighted by Gasteiger charge is -2.07. The molecule has 1 amide bonds. The van der Waals surface area contributed by atoms with Gasteiger partial charge in [-0.3, -0.25) is 4.79 Å². The Kier molecular flexibility index (Phi) is 2.96. The van der Waals surface area contributed by atoms with E-state index in [9.17, 15) is 9.59 Å². The zero-order valence-corrected chi connectivity index (χ0v) is 9.08. The van der Waals surface area contributed by atoms with E-state index in [-0.39, 0.29) is 16.9 Å². The SMILES string of the molecule is Nc1ccc(NC(=O)c2ccon2)c(C(=O)O)c1. The third kappa shape index (κ3) is 2.29. The molecule has 7 nitrogen and oxygen atoms in total. The number of amides is 1. The van der Waals surface area contributed by atoms with Gasteiger partial charge in [-0.15, -0.1) is 0 Å². The van der Waals surface area contributed by atoms with Crippen LogP contribution in [0.3, 0.4) is 0 Å². The quantitative estimate of drug-likeness (QED) is 0.701. The molecule has 0 aliphatic rings. The van der Waals surface area contributed by atoms with E-state index in [1.165, 1.54) is 30.5 Å². The lowest BCUT2D eigenvalue weighted by molar-refractivity contribution is 0.0698. The highest BCUT2D eigenvalue weighted by atomic mass is 16.5. The molecule has 2 aromatic rings. The van der Waals surface area contributed by atoms with Crippen LogP contribution in [0.25, 0.3) is 0 Å². The molecule has 1 aromatic heterocycles. The third-order valence-electron chi connectivity index (χ3n) is 2.19. The summed E-state index contributed by atoms with van der Waals surface area (Å²) < 4.78 is 4.52. The van der Waals surface area contributed by atoms with Crippen molar-refractivity contribution in [1.82, 2.24) is 5.16 Å². The fraction of sp³-hybridized carbons (Fsp3) is 0. The second kappa shape index (κ2) is 4.58. The number of carboxylic acid groups (broad SMARTS) is 1. The molecule has 0 atom stereocenters. The minimum Gasteiger partial charge on any atom is -0.478 e. The van der Waals surface area contributed by atoms with Crippen molar-refractivity contribution < 1.29 is 19.2 Å². The Labute approximate surface area is 101 Å². The first-order chi connectivity index (χ1) is 8.58. The molecule has 2 rings (SSSR count). The van der Waals surface area contributed by atoms with Gasteiger partial charge in [0.05, 0.1) is 11.3 Å². The molecule has 0 aliphatic heterocycles. The number of nitrogens with zero attached hydrogens (tertiary/aromatic N) is 1. The molecule has 0 saturated heterocycles. The zero-order valence-electron chi connectivity index (χ0n) is 9.08. The van der Waals surface area contributed by atoms with Crippen molar-refractivity contribution in [2.45, 2.75) is 0 Å². The molecule has 0 aliphatic carbocycles. The van der Waals surface area contributed by atoms with Crippen LogP contribution >= 0.6 is 0 Å². The Morgan fingerprint density at radius 1 is 1.33 bits per heavy atom. The van der Waals surface area contributed by atoms with Gasteiger partial charge in [-0.25, -0.2) is 4.79 Å². The van der Waals surface area contributed by atoms with Gasteiger partial charge in [0.2, 0.25) is 0 Å². The van der Waals surface area contributed by atoms with Crippen LogP contribution in [-0.4, -0.2) is 22.1 Å². The number of aromatic carboxylic acids is 1. The van der Waals surface area contributed by atoms with Gasteiger partial charge >= 0.3 is 5.97 Å². The van der Waals surface area contributed by atoms with Crippen molar-refractivity contribution in [3.63, 3.8) is 0 Å². The fourth-order valence-corrected chi connectivity index (χ4v) is 1.36. The van der Waals surface area contributed by atoms with Gasteiger partial charge in [0.25, 0.3) is 5.91 Å². The minimum atomic E-state index is -1.18. The third-order valence-corrected chi connectivity index (χ3v) is 2.19. The summed E-state index contributed by atoms with van der Waals surface area (Å²) in [5.74, 6) is -1.74. The van der Waals surface area contributed by atoms with Crippen LogP contribution in [-0.2, 0) is 0 Å². The Hall–Kier alpha value is -2.83. The van der Waals surface area contributed by atoms with Crippen molar-refractivity contribution in [2.24, 2.45) is 0 Å². The highest BCUT2D eigenvalue weighted by Gasteiger charge is 2.15. The largest absolute Gasteiger partial charge is 0.478 e. The second-order valence-electron chi connectivity index (χ2n) is 3.45. The number of nitrogens with two attached hydrogens (primary N) is 1. The molecule has 0 radical (unpaired) electrons. The Morgan fingerprint density at radius 3 is 2.72 bits per heavy atom. The Bertz CT molecular complexity index is 592. The van der Waals surface area contributed by atoms with Gasteiger partial charge < -0.3 is 20.7 Å². The van der Waals surface area contributed by atoms with Gasteiger partial charge in [0.1, 0.15) is 6.26 Å². The summed E-state index contributed by atoms with van der Waals surface area (Å²) in [7, 11) is 0. The first-order valence-electron chi connectivity index (χ1n) is 4.92. The average Bonchev–Trinajstić information content (AvgIpc) is 2.84. The monoisotopic (exact) mass is 247 g/mol. The normalized spacial score (nSPS) is 10.0. The molecule has 7 heteroatoms. The molecule has 4 N–H and O–H groups in total. The average molecular weight is 247 g/mol. The van der Waals surface area contributed by atoms with Crippen molar-refractivity contribution >= 4 is 23.3 Å². The molecule has 0 unspecified atom stereocenters. The van der Waals surface area contributed by atoms with E-state index in [0.717, 1.165) is 0 Å². The molecule has 18 heavy (non-hydrogen) atoms. The van der Waals surface area contributed by atoms with Crippen molar-refractivity contribution in [1.29, 1.82) is 0 Å². The highest BCUT2D eigenvalue weighted by molar-refractivity contribution is 6.07. The first kappa shape index (κ1) is 11.6. The number of benzene rings is 1. The lowest BCUT2D eigenvalue weighted by Crippen LogP contribution is -2.15. The minimum absolute atomic E-state index is 0.0585. The number of nitrogens with one attached hydrogen (secondary N) is 1. The van der Waals surface area contributed by atoms with Gasteiger partial charge in [-0.05, 0) is 18.2 Å². The highest BCUT2D eigenvalue weighted by Crippen LogP contribution is 2.19. The summed E-state index contributed by atoms with van der Waals surface area (Å²) in [6.07, 6.45) is 1.25. The van der Waals surface area contributed by atoms with E-state index in [1.54, 1.807) is 0 Å². The molecule has 0 saturated carbocycles. The molecule has 92 valence electrons. The van der Waals surface area contributed by atoms with E-state index in [0.29, 0.717) is 5.69 Å². The molecule has 1 aromatic carbocycles. The number of aromatic nitrogens is 1. The maximum Gasteiger partial charge on any atom is 0.337 e. The molecule has 0 bridgehead atoms. The van der Waals surface area contributed by atoms with Crippen LogP contribution in [0.5, 0.6) is 0 Å². The maximum absolute atomic E-state index is 11.7. The number of carboxylic acids is 1. The number of rotatable bonds is 3. The van der Waals surface area contributed by atoms with Crippen LogP contribution in [0.2, 0.25) is 0 Å². The predicted octanol–water partition coefficient (Wildman–Crippen LogP) is 1.21. The van der Waals surface area contributed by atoms with Crippen LogP contribution in [0, 0.1) is 0 Å². The summed E-state index contributed by atoms with van der Waals surface area (Å²) in [4.78, 5) is 22.7. The topological polar surface area (TPSA) is 118 Å². The van der Waals surface area contributed by atoms with Gasteiger partial charge in [-0.1, -0.05) is 5.16 Å². The standard InChI is InChI=1S/C11H9N3O4/c12-6-1-2-8(7(5-6)11(16)17)13-10(15)9-3-4-18-14-9/h1-5H,12H2,(H,13,15)(H,16,17). The van der Waals surface area contributed by atoms with E-state index < -0.39 is 11.9 Å². The van der Waals surface area contributed by atoms with Crippen LogP contribution in [0.4, 0.5) is 11.4 Å².